The molecule has 0 radical (unpaired) electrons. The molecule has 0 fully saturated rings. The number of hydrogen-bond acceptors (Lipinski definition) is 6. The minimum Gasteiger partial charge on any atom is -0.496 e. The number of aromatic nitrogens is 1. The quantitative estimate of drug-likeness (QED) is 0.698. The minimum atomic E-state index is -4.78. The van der Waals surface area contributed by atoms with Crippen molar-refractivity contribution in [2.75, 3.05) is 7.11 Å². The molecule has 0 amide bonds. The van der Waals surface area contributed by atoms with E-state index in [0.717, 1.165) is 31.4 Å². The minimum absolute atomic E-state index is 0.208. The number of sulfone groups is 1. The van der Waals surface area contributed by atoms with Gasteiger partial charge >= 0.3 is 11.0 Å². The molecule has 26 heavy (non-hydrogen) atoms. The summed E-state index contributed by atoms with van der Waals surface area (Å²) in [5.41, 5.74) is -1.11. The molecular formula is C15H10F3NO5S2. The summed E-state index contributed by atoms with van der Waals surface area (Å²) >= 11 is 0.246. The van der Waals surface area contributed by atoms with Gasteiger partial charge in [-0.2, -0.15) is 13.2 Å². The molecule has 0 unspecified atom stereocenters. The number of aromatic amines is 1. The van der Waals surface area contributed by atoms with E-state index in [1.54, 1.807) is 0 Å². The fourth-order valence-corrected chi connectivity index (χ4v) is 5.22. The van der Waals surface area contributed by atoms with Crippen LogP contribution in [0.2, 0.25) is 0 Å². The normalized spacial score (nSPS) is 12.5. The molecule has 0 aliphatic rings. The Bertz CT molecular complexity index is 1160. The molecule has 0 saturated heterocycles. The Hall–Kier alpha value is -2.53. The van der Waals surface area contributed by atoms with Crippen molar-refractivity contribution in [3.05, 3.63) is 45.6 Å². The fraction of sp³-hybridized carbons (Fsp3) is 0.133. The smallest absolute Gasteiger partial charge is 0.420 e. The second-order valence-corrected chi connectivity index (χ2v) is 8.24. The fourth-order valence-electron chi connectivity index (χ4n) is 2.59. The van der Waals surface area contributed by atoms with Crippen LogP contribution in [0.15, 0.2) is 44.2 Å². The number of rotatable bonds is 3. The SMILES string of the molecule is COc1ccc2c(S(=O)(=O)c3sc(=O)[nH]c3O)cccc2c1C(F)(F)F. The highest BCUT2D eigenvalue weighted by molar-refractivity contribution is 7.93. The summed E-state index contributed by atoms with van der Waals surface area (Å²) in [6.07, 6.45) is -4.78. The summed E-state index contributed by atoms with van der Waals surface area (Å²) in [4.78, 5) is 11.9. The Balaban J connectivity index is 2.40. The Morgan fingerprint density at radius 2 is 1.85 bits per heavy atom. The number of alkyl halides is 3. The first-order valence-corrected chi connectivity index (χ1v) is 9.21. The number of benzene rings is 2. The Morgan fingerprint density at radius 3 is 2.38 bits per heavy atom. The van der Waals surface area contributed by atoms with Crippen molar-refractivity contribution in [2.45, 2.75) is 15.3 Å². The molecule has 1 heterocycles. The number of H-pyrrole nitrogens is 1. The first kappa shape index (κ1) is 18.3. The maximum absolute atomic E-state index is 13.5. The summed E-state index contributed by atoms with van der Waals surface area (Å²) in [5, 5.41) is 9.06. The number of aromatic hydroxyl groups is 1. The third kappa shape index (κ3) is 2.82. The number of hydrogen-bond donors (Lipinski definition) is 2. The molecule has 1 aromatic heterocycles. The molecule has 138 valence electrons. The predicted octanol–water partition coefficient (Wildman–Crippen LogP) is 3.16. The van der Waals surface area contributed by atoms with Gasteiger partial charge in [0, 0.05) is 5.39 Å². The molecule has 11 heteroatoms. The van der Waals surface area contributed by atoms with E-state index < -0.39 is 47.2 Å². The Labute approximate surface area is 148 Å². The van der Waals surface area contributed by atoms with E-state index >= 15 is 0 Å². The molecule has 0 atom stereocenters. The third-order valence-corrected chi connectivity index (χ3v) is 6.81. The highest BCUT2D eigenvalue weighted by Gasteiger charge is 2.37. The van der Waals surface area contributed by atoms with E-state index in [4.69, 9.17) is 4.74 Å². The lowest BCUT2D eigenvalue weighted by Gasteiger charge is -2.16. The van der Waals surface area contributed by atoms with E-state index in [2.05, 4.69) is 0 Å². The van der Waals surface area contributed by atoms with Crippen LogP contribution in [0.4, 0.5) is 13.2 Å². The van der Waals surface area contributed by atoms with E-state index in [0.29, 0.717) is 0 Å². The predicted molar refractivity (Wildman–Crippen MR) is 87.6 cm³/mol. The molecule has 3 rings (SSSR count). The number of nitrogens with one attached hydrogen (secondary N) is 1. The average Bonchev–Trinajstić information content (AvgIpc) is 2.91. The monoisotopic (exact) mass is 405 g/mol. The van der Waals surface area contributed by atoms with Gasteiger partial charge in [0.15, 0.2) is 4.21 Å². The summed E-state index contributed by atoms with van der Waals surface area (Å²) in [6.45, 7) is 0. The second-order valence-electron chi connectivity index (χ2n) is 5.15. The van der Waals surface area contributed by atoms with Gasteiger partial charge in [-0.3, -0.25) is 9.78 Å². The van der Waals surface area contributed by atoms with Crippen LogP contribution in [0, 0.1) is 0 Å². The molecule has 0 saturated carbocycles. The van der Waals surface area contributed by atoms with Gasteiger partial charge in [-0.1, -0.05) is 23.5 Å². The van der Waals surface area contributed by atoms with Gasteiger partial charge in [0.25, 0.3) is 0 Å². The first-order valence-electron chi connectivity index (χ1n) is 6.91. The van der Waals surface area contributed by atoms with Crippen LogP contribution in [-0.4, -0.2) is 25.6 Å². The van der Waals surface area contributed by atoms with Gasteiger partial charge < -0.3 is 9.84 Å². The van der Waals surface area contributed by atoms with Crippen molar-refractivity contribution >= 4 is 31.9 Å². The summed E-state index contributed by atoms with van der Waals surface area (Å²) in [6, 6.07) is 5.58. The van der Waals surface area contributed by atoms with Crippen molar-refractivity contribution in [3.63, 3.8) is 0 Å². The van der Waals surface area contributed by atoms with Crippen LogP contribution in [0.5, 0.6) is 11.6 Å². The van der Waals surface area contributed by atoms with Gasteiger partial charge in [-0.25, -0.2) is 8.42 Å². The zero-order valence-electron chi connectivity index (χ0n) is 12.9. The molecule has 2 aromatic carbocycles. The zero-order chi connectivity index (χ0) is 19.3. The molecule has 0 aliphatic carbocycles. The lowest BCUT2D eigenvalue weighted by Crippen LogP contribution is -2.09. The average molecular weight is 405 g/mol. The van der Waals surface area contributed by atoms with Crippen LogP contribution in [-0.2, 0) is 16.0 Å². The number of halogens is 3. The van der Waals surface area contributed by atoms with Gasteiger partial charge in [0.05, 0.1) is 12.0 Å². The number of ether oxygens (including phenoxy) is 1. The van der Waals surface area contributed by atoms with Crippen molar-refractivity contribution in [1.82, 2.24) is 4.98 Å². The third-order valence-electron chi connectivity index (χ3n) is 3.62. The van der Waals surface area contributed by atoms with Crippen LogP contribution in [0.25, 0.3) is 10.8 Å². The van der Waals surface area contributed by atoms with Gasteiger partial charge in [-0.05, 0) is 23.6 Å². The maximum atomic E-state index is 13.5. The highest BCUT2D eigenvalue weighted by atomic mass is 32.2. The maximum Gasteiger partial charge on any atom is 0.420 e. The van der Waals surface area contributed by atoms with Crippen molar-refractivity contribution in [2.24, 2.45) is 0 Å². The van der Waals surface area contributed by atoms with E-state index in [-0.39, 0.29) is 22.1 Å². The summed E-state index contributed by atoms with van der Waals surface area (Å²) in [5.74, 6) is -1.31. The van der Waals surface area contributed by atoms with Crippen molar-refractivity contribution < 1.29 is 31.4 Å². The van der Waals surface area contributed by atoms with Crippen LogP contribution in [0.1, 0.15) is 5.56 Å². The van der Waals surface area contributed by atoms with Crippen molar-refractivity contribution in [3.8, 4) is 11.6 Å². The summed E-state index contributed by atoms with van der Waals surface area (Å²) in [7, 11) is -3.35. The summed E-state index contributed by atoms with van der Waals surface area (Å²) < 4.78 is 70.1. The first-order chi connectivity index (χ1) is 12.1. The number of methoxy groups -OCH3 is 1. The van der Waals surface area contributed by atoms with Gasteiger partial charge in [-0.15, -0.1) is 0 Å². The van der Waals surface area contributed by atoms with E-state index in [1.807, 2.05) is 4.98 Å². The number of thiazole rings is 1. The number of fused-ring (bicyclic) bond motifs is 1. The van der Waals surface area contributed by atoms with Gasteiger partial charge in [0.1, 0.15) is 11.3 Å². The van der Waals surface area contributed by atoms with E-state index in [1.165, 1.54) is 6.07 Å². The van der Waals surface area contributed by atoms with Crippen LogP contribution < -0.4 is 9.61 Å². The van der Waals surface area contributed by atoms with Gasteiger partial charge in [0.2, 0.25) is 15.7 Å². The second kappa shape index (κ2) is 6.02. The topological polar surface area (TPSA) is 96.5 Å². The zero-order valence-corrected chi connectivity index (χ0v) is 14.6. The molecule has 2 N–H and O–H groups in total. The Kier molecular flexibility index (Phi) is 4.23. The molecule has 6 nitrogen and oxygen atoms in total. The largest absolute Gasteiger partial charge is 0.496 e. The lowest BCUT2D eigenvalue weighted by molar-refractivity contribution is -0.137. The lowest BCUT2D eigenvalue weighted by atomic mass is 10.0. The molecule has 0 spiro atoms. The molecule has 0 bridgehead atoms. The highest BCUT2D eigenvalue weighted by Crippen LogP contribution is 2.43. The van der Waals surface area contributed by atoms with E-state index in [9.17, 15) is 31.5 Å². The van der Waals surface area contributed by atoms with Crippen LogP contribution >= 0.6 is 11.3 Å². The molecule has 3 aromatic rings. The standard InChI is InChI=1S/C15H10F3NO5S2/c1-24-9-6-5-7-8(11(9)15(16,17)18)3-2-4-10(7)26(22,23)13-12(20)19-14(21)25-13/h2-6,20H,1H3,(H,19,21). The van der Waals surface area contributed by atoms with Crippen molar-refractivity contribution in [1.29, 1.82) is 0 Å². The molecular weight excluding hydrogens is 395 g/mol. The molecule has 0 aliphatic heterocycles. The Morgan fingerprint density at radius 1 is 1.15 bits per heavy atom. The van der Waals surface area contributed by atoms with Crippen LogP contribution in [0.3, 0.4) is 0 Å².